The lowest BCUT2D eigenvalue weighted by Gasteiger charge is -2.03. The Labute approximate surface area is 159 Å². The zero-order valence-electron chi connectivity index (χ0n) is 18.9. The van der Waals surface area contributed by atoms with Gasteiger partial charge in [-0.3, -0.25) is 9.98 Å². The fraction of sp³-hybridized carbons (Fsp3) is 0.565. The maximum Gasteiger partial charge on any atom is 0.0424 e. The summed E-state index contributed by atoms with van der Waals surface area (Å²) in [5.74, 6) is 0.439. The molecule has 25 heavy (non-hydrogen) atoms. The summed E-state index contributed by atoms with van der Waals surface area (Å²) < 4.78 is 0. The molecule has 1 heterocycles. The van der Waals surface area contributed by atoms with Gasteiger partial charge < -0.3 is 0 Å². The van der Waals surface area contributed by atoms with Crippen LogP contribution in [0.4, 0.5) is 0 Å². The topological polar surface area (TPSA) is 25.2 Å². The quantitative estimate of drug-likeness (QED) is 0.402. The first kappa shape index (κ1) is 31.1. The molecule has 146 valence electrons. The van der Waals surface area contributed by atoms with Crippen molar-refractivity contribution in [3.63, 3.8) is 0 Å². The van der Waals surface area contributed by atoms with Crippen molar-refractivity contribution in [3.05, 3.63) is 53.5 Å². The molecule has 1 aromatic heterocycles. The predicted molar refractivity (Wildman–Crippen MR) is 120 cm³/mol. The van der Waals surface area contributed by atoms with Gasteiger partial charge in [0, 0.05) is 17.6 Å². The molecule has 0 atom stereocenters. The standard InChI is InChI=1S/C9H15N.C8H11N.3C2H6/c1-7(2)6-9(10-5)8(3)4;1-3-8-6-7(2)4-5-9-8;3*1-2/h6,8H,1,5H2,2-4H3;4-6H,3H2,1-2H3;3*1-2H3/b9-6-;;;;. The van der Waals surface area contributed by atoms with Gasteiger partial charge in [-0.25, -0.2) is 0 Å². The Kier molecular flexibility index (Phi) is 30.5. The summed E-state index contributed by atoms with van der Waals surface area (Å²) >= 11 is 0. The van der Waals surface area contributed by atoms with Crippen LogP contribution in [0.2, 0.25) is 0 Å². The van der Waals surface area contributed by atoms with E-state index >= 15 is 0 Å². The number of pyridine rings is 1. The van der Waals surface area contributed by atoms with E-state index in [1.807, 2.05) is 66.8 Å². The van der Waals surface area contributed by atoms with Gasteiger partial charge in [-0.15, -0.1) is 0 Å². The number of hydrogen-bond donors (Lipinski definition) is 0. The average molecular weight is 349 g/mol. The van der Waals surface area contributed by atoms with Crippen LogP contribution in [-0.4, -0.2) is 11.7 Å². The van der Waals surface area contributed by atoms with Crippen LogP contribution in [0.1, 0.15) is 80.5 Å². The molecule has 0 saturated heterocycles. The van der Waals surface area contributed by atoms with Gasteiger partial charge in [0.25, 0.3) is 0 Å². The molecule has 0 fully saturated rings. The highest BCUT2D eigenvalue weighted by atomic mass is 14.7. The molecule has 0 aliphatic heterocycles. The van der Waals surface area contributed by atoms with Gasteiger partial charge in [0.1, 0.15) is 0 Å². The summed E-state index contributed by atoms with van der Waals surface area (Å²) in [4.78, 5) is 8.04. The highest BCUT2D eigenvalue weighted by Gasteiger charge is 1.97. The maximum absolute atomic E-state index is 4.16. The van der Waals surface area contributed by atoms with Gasteiger partial charge in [0.15, 0.2) is 0 Å². The highest BCUT2D eigenvalue weighted by Crippen LogP contribution is 2.11. The van der Waals surface area contributed by atoms with Crippen molar-refractivity contribution in [2.75, 3.05) is 0 Å². The Balaban J connectivity index is -0.000000136. The third kappa shape index (κ3) is 22.3. The Morgan fingerprint density at radius 1 is 1.16 bits per heavy atom. The van der Waals surface area contributed by atoms with Gasteiger partial charge in [0.05, 0.1) is 0 Å². The van der Waals surface area contributed by atoms with Crippen molar-refractivity contribution < 1.29 is 0 Å². The van der Waals surface area contributed by atoms with E-state index in [4.69, 9.17) is 0 Å². The summed E-state index contributed by atoms with van der Waals surface area (Å²) in [5, 5.41) is 0. The fourth-order valence-corrected chi connectivity index (χ4v) is 1.44. The summed E-state index contributed by atoms with van der Waals surface area (Å²) in [5.41, 5.74) is 4.50. The lowest BCUT2D eigenvalue weighted by atomic mass is 10.1. The van der Waals surface area contributed by atoms with Gasteiger partial charge >= 0.3 is 0 Å². The van der Waals surface area contributed by atoms with Crippen LogP contribution >= 0.6 is 0 Å². The third-order valence-corrected chi connectivity index (χ3v) is 2.50. The Bertz CT molecular complexity index is 443. The molecule has 0 saturated carbocycles. The van der Waals surface area contributed by atoms with E-state index in [0.717, 1.165) is 17.7 Å². The molecule has 0 spiro atoms. The van der Waals surface area contributed by atoms with E-state index in [1.54, 1.807) is 0 Å². The smallest absolute Gasteiger partial charge is 0.0424 e. The van der Waals surface area contributed by atoms with E-state index in [0.29, 0.717) is 5.92 Å². The molecule has 1 aromatic rings. The first-order valence-corrected chi connectivity index (χ1v) is 9.66. The summed E-state index contributed by atoms with van der Waals surface area (Å²) in [6.45, 7) is 29.6. The van der Waals surface area contributed by atoms with Crippen LogP contribution in [0.15, 0.2) is 47.2 Å². The van der Waals surface area contributed by atoms with Crippen molar-refractivity contribution >= 4 is 6.72 Å². The van der Waals surface area contributed by atoms with Gasteiger partial charge in [-0.2, -0.15) is 0 Å². The SMILES string of the molecule is C=N/C(=C\C(=C)C)C(C)C.CC.CC.CC.CCc1cc(C)ccn1. The minimum atomic E-state index is 0.439. The highest BCUT2D eigenvalue weighted by molar-refractivity contribution is 5.32. The van der Waals surface area contributed by atoms with Crippen LogP contribution in [0, 0.1) is 12.8 Å². The fourth-order valence-electron chi connectivity index (χ4n) is 1.44. The molecule has 0 N–H and O–H groups in total. The molecule has 2 nitrogen and oxygen atoms in total. The van der Waals surface area contributed by atoms with Crippen LogP contribution in [0.5, 0.6) is 0 Å². The van der Waals surface area contributed by atoms with E-state index in [9.17, 15) is 0 Å². The third-order valence-electron chi connectivity index (χ3n) is 2.50. The average Bonchev–Trinajstić information content (AvgIpc) is 2.64. The minimum Gasteiger partial charge on any atom is -0.269 e. The van der Waals surface area contributed by atoms with E-state index in [1.165, 1.54) is 11.3 Å². The second-order valence-corrected chi connectivity index (χ2v) is 4.91. The summed E-state index contributed by atoms with van der Waals surface area (Å²) in [6.07, 6.45) is 4.84. The van der Waals surface area contributed by atoms with Crippen LogP contribution in [0.25, 0.3) is 0 Å². The van der Waals surface area contributed by atoms with E-state index in [-0.39, 0.29) is 0 Å². The second kappa shape index (κ2) is 24.6. The van der Waals surface area contributed by atoms with Gasteiger partial charge in [0.2, 0.25) is 0 Å². The monoisotopic (exact) mass is 348 g/mol. The Morgan fingerprint density at radius 2 is 1.64 bits per heavy atom. The number of aliphatic imine (C=N–C) groups is 1. The molecule has 0 unspecified atom stereocenters. The number of hydrogen-bond acceptors (Lipinski definition) is 2. The predicted octanol–water partition coefficient (Wildman–Crippen LogP) is 7.83. The zero-order valence-corrected chi connectivity index (χ0v) is 18.9. The van der Waals surface area contributed by atoms with Crippen LogP contribution < -0.4 is 0 Å². The van der Waals surface area contributed by atoms with Crippen molar-refractivity contribution in [2.24, 2.45) is 10.9 Å². The zero-order chi connectivity index (χ0) is 20.8. The Hall–Kier alpha value is -1.70. The van der Waals surface area contributed by atoms with Gasteiger partial charge in [-0.05, 0) is 56.7 Å². The minimum absolute atomic E-state index is 0.439. The molecule has 0 aliphatic carbocycles. The maximum atomic E-state index is 4.16. The van der Waals surface area contributed by atoms with E-state index < -0.39 is 0 Å². The van der Waals surface area contributed by atoms with Crippen molar-refractivity contribution in [3.8, 4) is 0 Å². The van der Waals surface area contributed by atoms with Crippen molar-refractivity contribution in [2.45, 2.75) is 82.6 Å². The number of rotatable bonds is 4. The molecule has 0 aliphatic rings. The Morgan fingerprint density at radius 3 is 1.84 bits per heavy atom. The largest absolute Gasteiger partial charge is 0.269 e. The molecular weight excluding hydrogens is 304 g/mol. The second-order valence-electron chi connectivity index (χ2n) is 4.91. The lowest BCUT2D eigenvalue weighted by molar-refractivity contribution is 0.759. The first-order chi connectivity index (χ1) is 11.9. The number of aromatic nitrogens is 1. The molecule has 0 bridgehead atoms. The van der Waals surface area contributed by atoms with E-state index in [2.05, 4.69) is 57.0 Å². The van der Waals surface area contributed by atoms with Crippen LogP contribution in [0.3, 0.4) is 0 Å². The van der Waals surface area contributed by atoms with Crippen LogP contribution in [-0.2, 0) is 6.42 Å². The summed E-state index contributed by atoms with van der Waals surface area (Å²) in [7, 11) is 0. The molecule has 0 amide bonds. The number of aryl methyl sites for hydroxylation is 2. The molecule has 0 radical (unpaired) electrons. The lowest BCUT2D eigenvalue weighted by Crippen LogP contribution is -1.89. The first-order valence-electron chi connectivity index (χ1n) is 9.66. The molecule has 1 rings (SSSR count). The normalized spacial score (nSPS) is 8.88. The molecule has 2 heteroatoms. The number of nitrogens with zero attached hydrogens (tertiary/aromatic N) is 2. The van der Waals surface area contributed by atoms with Crippen molar-refractivity contribution in [1.82, 2.24) is 4.98 Å². The molecular formula is C23H44N2. The van der Waals surface area contributed by atoms with Crippen molar-refractivity contribution in [1.29, 1.82) is 0 Å². The summed E-state index contributed by atoms with van der Waals surface area (Å²) in [6, 6.07) is 4.12. The molecule has 0 aromatic carbocycles. The number of allylic oxidation sites excluding steroid dienone is 3. The van der Waals surface area contributed by atoms with Gasteiger partial charge in [-0.1, -0.05) is 74.5 Å².